The third-order valence-corrected chi connectivity index (χ3v) is 3.42. The van der Waals surface area contributed by atoms with E-state index < -0.39 is 0 Å². The number of hydrogen-bond acceptors (Lipinski definition) is 2. The van der Waals surface area contributed by atoms with E-state index in [1.807, 2.05) is 0 Å². The fourth-order valence-electron chi connectivity index (χ4n) is 1.86. The van der Waals surface area contributed by atoms with Crippen molar-refractivity contribution in [1.82, 2.24) is 4.90 Å². The van der Waals surface area contributed by atoms with E-state index in [4.69, 9.17) is 0 Å². The van der Waals surface area contributed by atoms with Crippen LogP contribution in [-0.2, 0) is 6.54 Å². The first kappa shape index (κ1) is 11.0. The summed E-state index contributed by atoms with van der Waals surface area (Å²) in [6.07, 6.45) is 0.588. The maximum absolute atomic E-state index is 13.0. The van der Waals surface area contributed by atoms with E-state index >= 15 is 0 Å². The first-order valence-electron chi connectivity index (χ1n) is 4.99. The molecule has 2 rings (SSSR count). The predicted octanol–water partition coefficient (Wildman–Crippen LogP) is 2.15. The van der Waals surface area contributed by atoms with E-state index in [0.29, 0.717) is 13.1 Å². The highest BCUT2D eigenvalue weighted by atomic mass is 79.9. The zero-order valence-electron chi connectivity index (χ0n) is 8.29. The standard InChI is InChI=1S/C11H13BrFNO/c12-11-2-1-9(13)5-8(11)6-14-4-3-10(15)7-14/h1-2,5,10,15H,3-4,6-7H2/t10-/m1/s1. The van der Waals surface area contributed by atoms with Gasteiger partial charge >= 0.3 is 0 Å². The molecule has 0 amide bonds. The van der Waals surface area contributed by atoms with Crippen LogP contribution in [0.2, 0.25) is 0 Å². The van der Waals surface area contributed by atoms with E-state index in [-0.39, 0.29) is 11.9 Å². The lowest BCUT2D eigenvalue weighted by molar-refractivity contribution is 0.174. The van der Waals surface area contributed by atoms with Crippen molar-refractivity contribution in [3.8, 4) is 0 Å². The van der Waals surface area contributed by atoms with Crippen molar-refractivity contribution in [3.05, 3.63) is 34.1 Å². The molecule has 1 aromatic carbocycles. The minimum atomic E-state index is -0.225. The van der Waals surface area contributed by atoms with Crippen LogP contribution in [0.4, 0.5) is 4.39 Å². The summed E-state index contributed by atoms with van der Waals surface area (Å²) in [5.74, 6) is -0.215. The van der Waals surface area contributed by atoms with Crippen LogP contribution in [0.1, 0.15) is 12.0 Å². The molecule has 0 aliphatic carbocycles. The second kappa shape index (κ2) is 4.60. The quantitative estimate of drug-likeness (QED) is 0.893. The van der Waals surface area contributed by atoms with Gasteiger partial charge in [-0.2, -0.15) is 0 Å². The van der Waals surface area contributed by atoms with Crippen LogP contribution < -0.4 is 0 Å². The first-order chi connectivity index (χ1) is 7.15. The molecule has 1 atom stereocenters. The molecule has 1 aliphatic rings. The van der Waals surface area contributed by atoms with Gasteiger partial charge in [0.2, 0.25) is 0 Å². The molecule has 0 bridgehead atoms. The Bertz CT molecular complexity index is 358. The van der Waals surface area contributed by atoms with Gasteiger partial charge < -0.3 is 5.11 Å². The van der Waals surface area contributed by atoms with Crippen molar-refractivity contribution in [2.45, 2.75) is 19.1 Å². The molecule has 15 heavy (non-hydrogen) atoms. The maximum atomic E-state index is 13.0. The van der Waals surface area contributed by atoms with Gasteiger partial charge in [-0.3, -0.25) is 4.90 Å². The Morgan fingerprint density at radius 2 is 2.33 bits per heavy atom. The second-order valence-corrected chi connectivity index (χ2v) is 4.77. The summed E-state index contributed by atoms with van der Waals surface area (Å²) in [4.78, 5) is 2.13. The van der Waals surface area contributed by atoms with Crippen molar-refractivity contribution in [2.75, 3.05) is 13.1 Å². The molecule has 82 valence electrons. The number of aliphatic hydroxyl groups is 1. The van der Waals surface area contributed by atoms with Gasteiger partial charge in [0.05, 0.1) is 6.10 Å². The Kier molecular flexibility index (Phi) is 3.38. The largest absolute Gasteiger partial charge is 0.392 e. The number of likely N-dealkylation sites (tertiary alicyclic amines) is 1. The van der Waals surface area contributed by atoms with E-state index in [2.05, 4.69) is 20.8 Å². The SMILES string of the molecule is O[C@@H]1CCN(Cc2cc(F)ccc2Br)C1. The van der Waals surface area contributed by atoms with Gasteiger partial charge in [-0.25, -0.2) is 4.39 Å². The Morgan fingerprint density at radius 3 is 3.00 bits per heavy atom. The molecular weight excluding hydrogens is 261 g/mol. The topological polar surface area (TPSA) is 23.5 Å². The van der Waals surface area contributed by atoms with E-state index in [0.717, 1.165) is 23.0 Å². The molecule has 2 nitrogen and oxygen atoms in total. The van der Waals surface area contributed by atoms with Gasteiger partial charge in [0, 0.05) is 24.1 Å². The highest BCUT2D eigenvalue weighted by molar-refractivity contribution is 9.10. The molecule has 1 aliphatic heterocycles. The lowest BCUT2D eigenvalue weighted by Gasteiger charge is -2.15. The molecule has 0 spiro atoms. The van der Waals surface area contributed by atoms with Crippen molar-refractivity contribution in [2.24, 2.45) is 0 Å². The Hall–Kier alpha value is -0.450. The van der Waals surface area contributed by atoms with Crippen molar-refractivity contribution < 1.29 is 9.50 Å². The summed E-state index contributed by atoms with van der Waals surface area (Å²) in [7, 11) is 0. The Labute approximate surface area is 96.8 Å². The Morgan fingerprint density at radius 1 is 1.53 bits per heavy atom. The van der Waals surface area contributed by atoms with Gasteiger partial charge in [-0.05, 0) is 30.2 Å². The van der Waals surface area contributed by atoms with Gasteiger partial charge in [0.25, 0.3) is 0 Å². The minimum absolute atomic E-state index is 0.215. The zero-order chi connectivity index (χ0) is 10.8. The molecule has 0 aromatic heterocycles. The van der Waals surface area contributed by atoms with Crippen LogP contribution in [0.5, 0.6) is 0 Å². The van der Waals surface area contributed by atoms with Gasteiger partial charge in [0.1, 0.15) is 5.82 Å². The number of nitrogens with zero attached hydrogens (tertiary/aromatic N) is 1. The number of aliphatic hydroxyl groups excluding tert-OH is 1. The number of β-amino-alcohol motifs (C(OH)–C–C–N with tert-alkyl or cyclic N) is 1. The van der Waals surface area contributed by atoms with Gasteiger partial charge in [-0.15, -0.1) is 0 Å². The fraction of sp³-hybridized carbons (Fsp3) is 0.455. The third kappa shape index (κ3) is 2.77. The van der Waals surface area contributed by atoms with Crippen LogP contribution in [0, 0.1) is 5.82 Å². The monoisotopic (exact) mass is 273 g/mol. The normalized spacial score (nSPS) is 22.2. The molecule has 4 heteroatoms. The van der Waals surface area contributed by atoms with Gasteiger partial charge in [-0.1, -0.05) is 15.9 Å². The van der Waals surface area contributed by atoms with Crippen LogP contribution >= 0.6 is 15.9 Å². The number of rotatable bonds is 2. The average Bonchev–Trinajstić information content (AvgIpc) is 2.58. The summed E-state index contributed by atoms with van der Waals surface area (Å²) in [6, 6.07) is 4.69. The molecule has 1 saturated heterocycles. The molecule has 1 aromatic rings. The Balaban J connectivity index is 2.07. The maximum Gasteiger partial charge on any atom is 0.123 e. The van der Waals surface area contributed by atoms with Crippen LogP contribution in [0.15, 0.2) is 22.7 Å². The molecule has 0 unspecified atom stereocenters. The molecule has 1 heterocycles. The van der Waals surface area contributed by atoms with Crippen molar-refractivity contribution in [1.29, 1.82) is 0 Å². The first-order valence-corrected chi connectivity index (χ1v) is 5.79. The molecule has 1 N–H and O–H groups in total. The number of hydrogen-bond donors (Lipinski definition) is 1. The second-order valence-electron chi connectivity index (χ2n) is 3.91. The predicted molar refractivity (Wildman–Crippen MR) is 60.0 cm³/mol. The number of benzene rings is 1. The van der Waals surface area contributed by atoms with Crippen LogP contribution in [0.3, 0.4) is 0 Å². The molecular formula is C11H13BrFNO. The lowest BCUT2D eigenvalue weighted by atomic mass is 10.2. The summed E-state index contributed by atoms with van der Waals surface area (Å²) in [6.45, 7) is 2.25. The third-order valence-electron chi connectivity index (χ3n) is 2.65. The smallest absolute Gasteiger partial charge is 0.123 e. The van der Waals surface area contributed by atoms with Gasteiger partial charge in [0.15, 0.2) is 0 Å². The summed E-state index contributed by atoms with van der Waals surface area (Å²) in [5.41, 5.74) is 0.934. The summed E-state index contributed by atoms with van der Waals surface area (Å²) in [5, 5.41) is 9.37. The minimum Gasteiger partial charge on any atom is -0.392 e. The lowest BCUT2D eigenvalue weighted by Crippen LogP contribution is -2.21. The summed E-state index contributed by atoms with van der Waals surface area (Å²) < 4.78 is 13.9. The molecule has 0 saturated carbocycles. The van der Waals surface area contributed by atoms with E-state index in [1.165, 1.54) is 12.1 Å². The zero-order valence-corrected chi connectivity index (χ0v) is 9.87. The van der Waals surface area contributed by atoms with Crippen molar-refractivity contribution in [3.63, 3.8) is 0 Å². The van der Waals surface area contributed by atoms with E-state index in [9.17, 15) is 9.50 Å². The van der Waals surface area contributed by atoms with Crippen LogP contribution in [-0.4, -0.2) is 29.2 Å². The fourth-order valence-corrected chi connectivity index (χ4v) is 2.23. The molecule has 1 fully saturated rings. The van der Waals surface area contributed by atoms with E-state index in [1.54, 1.807) is 6.07 Å². The summed E-state index contributed by atoms with van der Waals surface area (Å²) >= 11 is 3.40. The van der Waals surface area contributed by atoms with Crippen molar-refractivity contribution >= 4 is 15.9 Å². The highest BCUT2D eigenvalue weighted by Crippen LogP contribution is 2.21. The highest BCUT2D eigenvalue weighted by Gasteiger charge is 2.20. The average molecular weight is 274 g/mol. The van der Waals surface area contributed by atoms with Crippen LogP contribution in [0.25, 0.3) is 0 Å². The molecule has 0 radical (unpaired) electrons. The number of halogens is 2.